The predicted molar refractivity (Wildman–Crippen MR) is 107 cm³/mol. The summed E-state index contributed by atoms with van der Waals surface area (Å²) in [5.74, 6) is 1.13. The first kappa shape index (κ1) is 17.0. The summed E-state index contributed by atoms with van der Waals surface area (Å²) in [6.45, 7) is 6.09. The fourth-order valence-corrected chi connectivity index (χ4v) is 4.96. The zero-order valence-electron chi connectivity index (χ0n) is 16.0. The first-order chi connectivity index (χ1) is 13.3. The highest BCUT2D eigenvalue weighted by Crippen LogP contribution is 2.26. The third kappa shape index (κ3) is 3.31. The number of hydrogen-bond acceptors (Lipinski definition) is 4. The maximum absolute atomic E-state index is 12.6. The first-order valence-electron chi connectivity index (χ1n) is 10.6. The van der Waals surface area contributed by atoms with E-state index in [-0.39, 0.29) is 5.91 Å². The van der Waals surface area contributed by atoms with E-state index in [1.54, 1.807) is 0 Å². The maximum Gasteiger partial charge on any atom is 0.270 e. The number of amides is 1. The van der Waals surface area contributed by atoms with Gasteiger partial charge in [0.05, 0.1) is 0 Å². The molecule has 2 saturated heterocycles. The zero-order valence-corrected chi connectivity index (χ0v) is 16.0. The van der Waals surface area contributed by atoms with Crippen LogP contribution in [0.4, 0.5) is 5.82 Å². The molecule has 1 saturated carbocycles. The lowest BCUT2D eigenvalue weighted by Crippen LogP contribution is -2.49. The van der Waals surface area contributed by atoms with Gasteiger partial charge in [0.25, 0.3) is 5.91 Å². The second kappa shape index (κ2) is 7.15. The molecule has 2 aromatic heterocycles. The second-order valence-corrected chi connectivity index (χ2v) is 8.25. The Labute approximate surface area is 160 Å². The largest absolute Gasteiger partial charge is 0.354 e. The van der Waals surface area contributed by atoms with Crippen molar-refractivity contribution in [3.05, 3.63) is 23.9 Å². The van der Waals surface area contributed by atoms with E-state index >= 15 is 0 Å². The van der Waals surface area contributed by atoms with Crippen LogP contribution in [0.3, 0.4) is 0 Å². The number of hydrogen-bond donors (Lipinski definition) is 1. The number of aromatic nitrogens is 2. The van der Waals surface area contributed by atoms with Gasteiger partial charge in [-0.05, 0) is 43.9 Å². The van der Waals surface area contributed by atoms with E-state index in [1.165, 1.54) is 25.7 Å². The third-order valence-corrected chi connectivity index (χ3v) is 6.57. The average molecular weight is 367 g/mol. The van der Waals surface area contributed by atoms with Crippen molar-refractivity contribution in [1.82, 2.24) is 19.8 Å². The van der Waals surface area contributed by atoms with Crippen LogP contribution in [0.2, 0.25) is 0 Å². The standard InChI is InChI=1S/C21H29N5O/c27-21(26-9-3-4-10-26)18-15-16-7-8-19(23-20(16)22-18)25-13-11-24(12-14-25)17-5-1-2-6-17/h7-8,15,17H,1-6,9-14H2,(H,22,23). The minimum absolute atomic E-state index is 0.109. The van der Waals surface area contributed by atoms with Gasteiger partial charge in [-0.25, -0.2) is 4.98 Å². The summed E-state index contributed by atoms with van der Waals surface area (Å²) in [5.41, 5.74) is 1.50. The summed E-state index contributed by atoms with van der Waals surface area (Å²) in [7, 11) is 0. The van der Waals surface area contributed by atoms with Crippen molar-refractivity contribution in [3.8, 4) is 0 Å². The number of carbonyl (C=O) groups excluding carboxylic acids is 1. The minimum Gasteiger partial charge on any atom is -0.354 e. The molecule has 5 rings (SSSR count). The van der Waals surface area contributed by atoms with E-state index in [4.69, 9.17) is 4.98 Å². The Kier molecular flexibility index (Phi) is 4.52. The zero-order chi connectivity index (χ0) is 18.2. The van der Waals surface area contributed by atoms with Gasteiger partial charge in [0.2, 0.25) is 0 Å². The van der Waals surface area contributed by atoms with Gasteiger partial charge in [0.1, 0.15) is 17.2 Å². The Morgan fingerprint density at radius 2 is 1.70 bits per heavy atom. The maximum atomic E-state index is 12.6. The van der Waals surface area contributed by atoms with Crippen molar-refractivity contribution in [1.29, 1.82) is 0 Å². The summed E-state index contributed by atoms with van der Waals surface area (Å²) >= 11 is 0. The number of fused-ring (bicyclic) bond motifs is 1. The molecule has 1 N–H and O–H groups in total. The smallest absolute Gasteiger partial charge is 0.270 e. The molecule has 144 valence electrons. The average Bonchev–Trinajstić information content (AvgIpc) is 3.48. The van der Waals surface area contributed by atoms with Crippen molar-refractivity contribution in [2.75, 3.05) is 44.2 Å². The van der Waals surface area contributed by atoms with Crippen LogP contribution in [0.25, 0.3) is 11.0 Å². The highest BCUT2D eigenvalue weighted by atomic mass is 16.2. The highest BCUT2D eigenvalue weighted by molar-refractivity contribution is 5.97. The molecule has 0 bridgehead atoms. The Morgan fingerprint density at radius 3 is 2.44 bits per heavy atom. The van der Waals surface area contributed by atoms with Gasteiger partial charge in [-0.2, -0.15) is 0 Å². The van der Waals surface area contributed by atoms with Crippen molar-refractivity contribution < 1.29 is 4.79 Å². The molecule has 0 aromatic carbocycles. The van der Waals surface area contributed by atoms with Gasteiger partial charge < -0.3 is 14.8 Å². The number of nitrogens with zero attached hydrogens (tertiary/aromatic N) is 4. The minimum atomic E-state index is 0.109. The number of nitrogens with one attached hydrogen (secondary N) is 1. The SMILES string of the molecule is O=C(c1cc2ccc(N3CCN(C4CCCC4)CC3)nc2[nH]1)N1CCCC1. The topological polar surface area (TPSA) is 55.5 Å². The van der Waals surface area contributed by atoms with E-state index in [0.29, 0.717) is 5.69 Å². The number of pyridine rings is 1. The Bertz CT molecular complexity index is 811. The van der Waals surface area contributed by atoms with E-state index in [9.17, 15) is 4.79 Å². The monoisotopic (exact) mass is 367 g/mol. The highest BCUT2D eigenvalue weighted by Gasteiger charge is 2.27. The lowest BCUT2D eigenvalue weighted by atomic mass is 10.2. The quantitative estimate of drug-likeness (QED) is 0.906. The van der Waals surface area contributed by atoms with Crippen LogP contribution >= 0.6 is 0 Å². The molecular weight excluding hydrogens is 338 g/mol. The number of aromatic amines is 1. The van der Waals surface area contributed by atoms with Crippen LogP contribution in [0, 0.1) is 0 Å². The molecule has 2 aliphatic heterocycles. The Hall–Kier alpha value is -2.08. The van der Waals surface area contributed by atoms with Crippen molar-refractivity contribution in [2.45, 2.75) is 44.6 Å². The summed E-state index contributed by atoms with van der Waals surface area (Å²) in [4.78, 5) is 27.7. The number of likely N-dealkylation sites (tertiary alicyclic amines) is 1. The van der Waals surface area contributed by atoms with Gasteiger partial charge in [0.15, 0.2) is 0 Å². The normalized spacial score (nSPS) is 22.2. The number of carbonyl (C=O) groups is 1. The molecule has 6 heteroatoms. The van der Waals surface area contributed by atoms with Crippen LogP contribution in [0.1, 0.15) is 49.0 Å². The summed E-state index contributed by atoms with van der Waals surface area (Å²) in [5, 5.41) is 1.02. The molecule has 27 heavy (non-hydrogen) atoms. The summed E-state index contributed by atoms with van der Waals surface area (Å²) in [6, 6.07) is 6.96. The van der Waals surface area contributed by atoms with Gasteiger partial charge in [-0.1, -0.05) is 12.8 Å². The fraction of sp³-hybridized carbons (Fsp3) is 0.619. The molecule has 3 fully saturated rings. The Balaban J connectivity index is 1.29. The molecule has 0 radical (unpaired) electrons. The first-order valence-corrected chi connectivity index (χ1v) is 10.6. The summed E-state index contributed by atoms with van der Waals surface area (Å²) < 4.78 is 0. The van der Waals surface area contributed by atoms with Gasteiger partial charge >= 0.3 is 0 Å². The number of rotatable bonds is 3. The third-order valence-electron chi connectivity index (χ3n) is 6.57. The molecule has 1 aliphatic carbocycles. The second-order valence-electron chi connectivity index (χ2n) is 8.25. The Morgan fingerprint density at radius 1 is 0.963 bits per heavy atom. The lowest BCUT2D eigenvalue weighted by Gasteiger charge is -2.38. The van der Waals surface area contributed by atoms with Crippen molar-refractivity contribution in [2.24, 2.45) is 0 Å². The summed E-state index contributed by atoms with van der Waals surface area (Å²) in [6.07, 6.45) is 7.77. The van der Waals surface area contributed by atoms with Crippen LogP contribution in [-0.2, 0) is 0 Å². The number of piperazine rings is 1. The fourth-order valence-electron chi connectivity index (χ4n) is 4.96. The van der Waals surface area contributed by atoms with E-state index in [0.717, 1.165) is 75.0 Å². The van der Waals surface area contributed by atoms with Gasteiger partial charge in [-0.3, -0.25) is 9.69 Å². The predicted octanol–water partition coefficient (Wildman–Crippen LogP) is 2.86. The van der Waals surface area contributed by atoms with Crippen LogP contribution in [0.5, 0.6) is 0 Å². The molecule has 1 amide bonds. The molecule has 2 aromatic rings. The van der Waals surface area contributed by atoms with Crippen LogP contribution in [0.15, 0.2) is 18.2 Å². The van der Waals surface area contributed by atoms with Crippen LogP contribution < -0.4 is 4.90 Å². The molecule has 6 nitrogen and oxygen atoms in total. The van der Waals surface area contributed by atoms with Crippen LogP contribution in [-0.4, -0.2) is 71.0 Å². The lowest BCUT2D eigenvalue weighted by molar-refractivity contribution is 0.0788. The molecule has 0 atom stereocenters. The molecule has 3 aliphatic rings. The number of anilines is 1. The van der Waals surface area contributed by atoms with Gasteiger partial charge in [-0.15, -0.1) is 0 Å². The number of H-pyrrole nitrogens is 1. The van der Waals surface area contributed by atoms with E-state index in [2.05, 4.69) is 26.9 Å². The van der Waals surface area contributed by atoms with Crippen molar-refractivity contribution in [3.63, 3.8) is 0 Å². The van der Waals surface area contributed by atoms with Gasteiger partial charge in [0, 0.05) is 50.7 Å². The molecule has 4 heterocycles. The molecule has 0 unspecified atom stereocenters. The molecule has 0 spiro atoms. The molecular formula is C21H29N5O. The van der Waals surface area contributed by atoms with Crippen molar-refractivity contribution >= 4 is 22.8 Å². The van der Waals surface area contributed by atoms with E-state index < -0.39 is 0 Å². The van der Waals surface area contributed by atoms with E-state index in [1.807, 2.05) is 11.0 Å².